The number of hydrogen-bond donors (Lipinski definition) is 2. The van der Waals surface area contributed by atoms with E-state index in [1.807, 2.05) is 0 Å². The molecule has 2 aromatic rings. The third kappa shape index (κ3) is 5.31. The lowest BCUT2D eigenvalue weighted by atomic mass is 9.79. The quantitative estimate of drug-likeness (QED) is 0.661. The van der Waals surface area contributed by atoms with Gasteiger partial charge in [-0.15, -0.1) is 0 Å². The van der Waals surface area contributed by atoms with Gasteiger partial charge in [0.15, 0.2) is 5.78 Å². The van der Waals surface area contributed by atoms with Gasteiger partial charge in [-0.2, -0.15) is 5.10 Å². The number of Topliss-reactive ketones (excluding diaryl/α,β-unsaturated/α-hetero) is 1. The van der Waals surface area contributed by atoms with Crippen molar-refractivity contribution in [3.8, 4) is 0 Å². The highest BCUT2D eigenvalue weighted by atomic mass is 16.4. The van der Waals surface area contributed by atoms with E-state index in [-0.39, 0.29) is 29.6 Å². The lowest BCUT2D eigenvalue weighted by molar-refractivity contribution is -0.312. The summed E-state index contributed by atoms with van der Waals surface area (Å²) in [6.07, 6.45) is 3.80. The fourth-order valence-electron chi connectivity index (χ4n) is 4.08. The first-order valence-corrected chi connectivity index (χ1v) is 10.3. The van der Waals surface area contributed by atoms with Crippen LogP contribution in [0.5, 0.6) is 0 Å². The highest BCUT2D eigenvalue weighted by Gasteiger charge is 2.24. The molecule has 0 radical (unpaired) electrons. The van der Waals surface area contributed by atoms with Gasteiger partial charge in [-0.1, -0.05) is 18.2 Å². The van der Waals surface area contributed by atoms with Gasteiger partial charge in [-0.25, -0.2) is 5.10 Å². The molecular formula is C22H26N3O5-. The van der Waals surface area contributed by atoms with Gasteiger partial charge in [0, 0.05) is 17.8 Å². The molecule has 0 unspecified atom stereocenters. The van der Waals surface area contributed by atoms with Crippen LogP contribution in [0.1, 0.15) is 51.1 Å². The van der Waals surface area contributed by atoms with Crippen molar-refractivity contribution in [2.24, 2.45) is 11.8 Å². The van der Waals surface area contributed by atoms with E-state index in [1.165, 1.54) is 0 Å². The van der Waals surface area contributed by atoms with Crippen molar-refractivity contribution in [2.75, 3.05) is 0 Å². The number of nitrogens with zero attached hydrogens (tertiary/aromatic N) is 1. The van der Waals surface area contributed by atoms with Crippen LogP contribution in [0.15, 0.2) is 29.1 Å². The third-order valence-electron chi connectivity index (χ3n) is 5.94. The third-order valence-corrected chi connectivity index (χ3v) is 5.94. The number of H-pyrrole nitrogens is 1. The summed E-state index contributed by atoms with van der Waals surface area (Å²) < 4.78 is 0. The number of carbonyl (C=O) groups is 3. The summed E-state index contributed by atoms with van der Waals surface area (Å²) in [5, 5.41) is 21.1. The second kappa shape index (κ2) is 9.65. The standard InChI is InChI=1S/C22H27N3O5/c1-13(19(26)11-8-14-6-9-15(10-7-14)22(29)30)23-20(27)12-18-16-4-2-3-5-17(16)21(28)25-24-18/h2-5,13-15H,6-12H2,1H3,(H,23,27)(H,25,28)(H,29,30)/p-1/t13-,14?,15?/m0/s1. The van der Waals surface area contributed by atoms with E-state index < -0.39 is 12.0 Å². The highest BCUT2D eigenvalue weighted by molar-refractivity contribution is 5.91. The Balaban J connectivity index is 1.49. The Hall–Kier alpha value is -3.03. The minimum absolute atomic E-state index is 0.0395. The average molecular weight is 412 g/mol. The molecule has 0 spiro atoms. The summed E-state index contributed by atoms with van der Waals surface area (Å²) in [5.41, 5.74) is 0.138. The van der Waals surface area contributed by atoms with Gasteiger partial charge in [0.25, 0.3) is 5.56 Å². The number of carboxylic acids is 1. The molecule has 1 aliphatic rings. The van der Waals surface area contributed by atoms with Gasteiger partial charge in [0.1, 0.15) is 0 Å². The van der Waals surface area contributed by atoms with E-state index in [0.29, 0.717) is 48.1 Å². The van der Waals surface area contributed by atoms with E-state index in [4.69, 9.17) is 0 Å². The summed E-state index contributed by atoms with van der Waals surface area (Å²) in [7, 11) is 0. The number of fused-ring (bicyclic) bond motifs is 1. The van der Waals surface area contributed by atoms with Crippen LogP contribution in [0.25, 0.3) is 10.8 Å². The predicted octanol–water partition coefficient (Wildman–Crippen LogP) is 0.876. The van der Waals surface area contributed by atoms with E-state index in [2.05, 4.69) is 15.5 Å². The molecule has 8 heteroatoms. The van der Waals surface area contributed by atoms with Crippen molar-refractivity contribution >= 4 is 28.4 Å². The lowest BCUT2D eigenvalue weighted by Gasteiger charge is -2.29. The molecule has 160 valence electrons. The number of benzene rings is 1. The average Bonchev–Trinajstić information content (AvgIpc) is 2.74. The maximum Gasteiger partial charge on any atom is 0.272 e. The second-order valence-corrected chi connectivity index (χ2v) is 8.05. The summed E-state index contributed by atoms with van der Waals surface area (Å²) in [6.45, 7) is 1.66. The minimum atomic E-state index is -0.981. The van der Waals surface area contributed by atoms with Crippen molar-refractivity contribution in [1.29, 1.82) is 0 Å². The topological polar surface area (TPSA) is 132 Å². The molecule has 0 saturated heterocycles. The first-order valence-electron chi connectivity index (χ1n) is 10.3. The molecule has 1 fully saturated rings. The molecule has 3 rings (SSSR count). The molecule has 1 amide bonds. The first kappa shape index (κ1) is 21.7. The Kier molecular flexibility index (Phi) is 6.97. The Morgan fingerprint density at radius 3 is 2.50 bits per heavy atom. The zero-order chi connectivity index (χ0) is 21.7. The number of carboxylic acid groups (broad SMARTS) is 1. The molecule has 1 aliphatic carbocycles. The van der Waals surface area contributed by atoms with Crippen LogP contribution >= 0.6 is 0 Å². The molecule has 30 heavy (non-hydrogen) atoms. The fourth-order valence-corrected chi connectivity index (χ4v) is 4.08. The minimum Gasteiger partial charge on any atom is -0.550 e. The fraction of sp³-hybridized carbons (Fsp3) is 0.500. The largest absolute Gasteiger partial charge is 0.550 e. The Bertz CT molecular complexity index is 992. The van der Waals surface area contributed by atoms with Gasteiger partial charge < -0.3 is 15.2 Å². The SMILES string of the molecule is C[C@H](NC(=O)Cc1n[nH]c(=O)c2ccccc12)C(=O)CCC1CCC(C(=O)[O-])CC1. The first-order chi connectivity index (χ1) is 14.3. The Labute approximate surface area is 174 Å². The number of rotatable bonds is 8. The van der Waals surface area contributed by atoms with Crippen LogP contribution in [-0.2, 0) is 20.8 Å². The van der Waals surface area contributed by atoms with Crippen molar-refractivity contribution in [3.63, 3.8) is 0 Å². The lowest BCUT2D eigenvalue weighted by Crippen LogP contribution is -2.39. The molecule has 1 aromatic heterocycles. The summed E-state index contributed by atoms with van der Waals surface area (Å²) >= 11 is 0. The van der Waals surface area contributed by atoms with Crippen LogP contribution in [-0.4, -0.2) is 33.9 Å². The summed E-state index contributed by atoms with van der Waals surface area (Å²) in [5.74, 6) is -1.40. The predicted molar refractivity (Wildman–Crippen MR) is 108 cm³/mol. The maximum absolute atomic E-state index is 12.4. The number of aromatic amines is 1. The van der Waals surface area contributed by atoms with Crippen molar-refractivity contribution < 1.29 is 19.5 Å². The molecule has 0 aliphatic heterocycles. The number of hydrogen-bond acceptors (Lipinski definition) is 6. The van der Waals surface area contributed by atoms with Crippen LogP contribution in [0.4, 0.5) is 0 Å². The smallest absolute Gasteiger partial charge is 0.272 e. The van der Waals surface area contributed by atoms with E-state index in [9.17, 15) is 24.3 Å². The molecular weight excluding hydrogens is 386 g/mol. The van der Waals surface area contributed by atoms with Crippen molar-refractivity contribution in [2.45, 2.75) is 57.9 Å². The summed E-state index contributed by atoms with van der Waals surface area (Å²) in [4.78, 5) is 47.6. The molecule has 1 saturated carbocycles. The number of carbonyl (C=O) groups excluding carboxylic acids is 3. The summed E-state index contributed by atoms with van der Waals surface area (Å²) in [6, 6.07) is 6.31. The number of amides is 1. The number of aliphatic carboxylic acids is 1. The van der Waals surface area contributed by atoms with Crippen molar-refractivity contribution in [1.82, 2.24) is 15.5 Å². The highest BCUT2D eigenvalue weighted by Crippen LogP contribution is 2.31. The molecule has 8 nitrogen and oxygen atoms in total. The molecule has 2 N–H and O–H groups in total. The van der Waals surface area contributed by atoms with Gasteiger partial charge in [-0.3, -0.25) is 14.4 Å². The van der Waals surface area contributed by atoms with Crippen molar-refractivity contribution in [3.05, 3.63) is 40.3 Å². The van der Waals surface area contributed by atoms with E-state index >= 15 is 0 Å². The Morgan fingerprint density at radius 1 is 1.17 bits per heavy atom. The van der Waals surface area contributed by atoms with Crippen LogP contribution in [0.3, 0.4) is 0 Å². The van der Waals surface area contributed by atoms with E-state index in [1.54, 1.807) is 31.2 Å². The maximum atomic E-state index is 12.4. The zero-order valence-corrected chi connectivity index (χ0v) is 17.0. The van der Waals surface area contributed by atoms with Gasteiger partial charge in [0.2, 0.25) is 5.91 Å². The van der Waals surface area contributed by atoms with E-state index in [0.717, 1.165) is 12.8 Å². The number of ketones is 1. The number of nitrogens with one attached hydrogen (secondary N) is 2. The van der Waals surface area contributed by atoms with Crippen LogP contribution in [0.2, 0.25) is 0 Å². The number of aromatic nitrogens is 2. The van der Waals surface area contributed by atoms with Gasteiger partial charge in [-0.05, 0) is 56.9 Å². The Morgan fingerprint density at radius 2 is 1.83 bits per heavy atom. The molecule has 0 bridgehead atoms. The van der Waals surface area contributed by atoms with Crippen LogP contribution < -0.4 is 16.0 Å². The molecule has 1 heterocycles. The van der Waals surface area contributed by atoms with Crippen LogP contribution in [0, 0.1) is 11.8 Å². The molecule has 1 aromatic carbocycles. The van der Waals surface area contributed by atoms with Gasteiger partial charge >= 0.3 is 0 Å². The zero-order valence-electron chi connectivity index (χ0n) is 17.0. The van der Waals surface area contributed by atoms with Gasteiger partial charge in [0.05, 0.1) is 23.5 Å². The normalized spacial score (nSPS) is 19.9. The second-order valence-electron chi connectivity index (χ2n) is 8.05. The molecule has 1 atom stereocenters. The monoisotopic (exact) mass is 412 g/mol.